The number of benzene rings is 2. The van der Waals surface area contributed by atoms with E-state index in [-0.39, 0.29) is 5.91 Å². The molecule has 5 nitrogen and oxygen atoms in total. The lowest BCUT2D eigenvalue weighted by molar-refractivity contribution is 0.0748. The molecule has 0 atom stereocenters. The summed E-state index contributed by atoms with van der Waals surface area (Å²) in [5, 5.41) is 0.904. The Bertz CT molecular complexity index is 1280. The van der Waals surface area contributed by atoms with Crippen molar-refractivity contribution in [3.63, 3.8) is 0 Å². The van der Waals surface area contributed by atoms with Crippen molar-refractivity contribution in [2.24, 2.45) is 0 Å². The summed E-state index contributed by atoms with van der Waals surface area (Å²) in [7, 11) is 1.69. The van der Waals surface area contributed by atoms with Gasteiger partial charge < -0.3 is 14.5 Å². The van der Waals surface area contributed by atoms with Gasteiger partial charge in [-0.15, -0.1) is 11.3 Å². The van der Waals surface area contributed by atoms with E-state index in [1.807, 2.05) is 53.4 Å². The summed E-state index contributed by atoms with van der Waals surface area (Å²) in [6.07, 6.45) is 0. The van der Waals surface area contributed by atoms with Crippen LogP contribution in [0.5, 0.6) is 5.75 Å². The standard InChI is InChI=1S/C26H25N3O2S/c1-18-11-12-25(32-18)22-17-20(19-7-3-4-8-21(19)27-22)26(30)29-15-13-28(14-16-29)23-9-5-6-10-24(23)31-2/h3-12,17H,13-16H2,1-2H3. The molecule has 3 heterocycles. The Balaban J connectivity index is 1.43. The summed E-state index contributed by atoms with van der Waals surface area (Å²) in [6.45, 7) is 4.96. The van der Waals surface area contributed by atoms with Gasteiger partial charge in [-0.1, -0.05) is 30.3 Å². The highest BCUT2D eigenvalue weighted by molar-refractivity contribution is 7.15. The number of fused-ring (bicyclic) bond motifs is 1. The zero-order valence-electron chi connectivity index (χ0n) is 18.2. The van der Waals surface area contributed by atoms with Crippen LogP contribution in [0.2, 0.25) is 0 Å². The van der Waals surface area contributed by atoms with Gasteiger partial charge in [-0.05, 0) is 43.3 Å². The van der Waals surface area contributed by atoms with Crippen LogP contribution < -0.4 is 9.64 Å². The topological polar surface area (TPSA) is 45.7 Å². The SMILES string of the molecule is COc1ccccc1N1CCN(C(=O)c2cc(-c3ccc(C)s3)nc3ccccc23)CC1. The third kappa shape index (κ3) is 3.82. The van der Waals surface area contributed by atoms with Crippen molar-refractivity contribution in [3.8, 4) is 16.3 Å². The zero-order valence-corrected chi connectivity index (χ0v) is 19.1. The van der Waals surface area contributed by atoms with E-state index in [1.54, 1.807) is 18.4 Å². The Morgan fingerprint density at radius 2 is 1.72 bits per heavy atom. The minimum absolute atomic E-state index is 0.0674. The molecular weight excluding hydrogens is 418 g/mol. The summed E-state index contributed by atoms with van der Waals surface area (Å²) in [4.78, 5) is 25.0. The molecule has 1 aliphatic rings. The first-order valence-electron chi connectivity index (χ1n) is 10.8. The largest absolute Gasteiger partial charge is 0.495 e. The monoisotopic (exact) mass is 443 g/mol. The number of nitrogens with zero attached hydrogens (tertiary/aromatic N) is 3. The van der Waals surface area contributed by atoms with E-state index in [0.29, 0.717) is 13.1 Å². The third-order valence-corrected chi connectivity index (χ3v) is 6.96. The highest BCUT2D eigenvalue weighted by Gasteiger charge is 2.25. The summed E-state index contributed by atoms with van der Waals surface area (Å²) >= 11 is 1.70. The van der Waals surface area contributed by atoms with Crippen molar-refractivity contribution in [2.75, 3.05) is 38.2 Å². The highest BCUT2D eigenvalue weighted by atomic mass is 32.1. The minimum Gasteiger partial charge on any atom is -0.495 e. The first-order valence-corrected chi connectivity index (χ1v) is 11.6. The Kier molecular flexibility index (Phi) is 5.53. The summed E-state index contributed by atoms with van der Waals surface area (Å²) in [6, 6.07) is 22.1. The first-order chi connectivity index (χ1) is 15.6. The van der Waals surface area contributed by atoms with Gasteiger partial charge in [0.15, 0.2) is 0 Å². The van der Waals surface area contributed by atoms with E-state index in [9.17, 15) is 4.79 Å². The second-order valence-corrected chi connectivity index (χ2v) is 9.22. The van der Waals surface area contributed by atoms with Crippen molar-refractivity contribution >= 4 is 33.8 Å². The molecule has 0 unspecified atom stereocenters. The van der Waals surface area contributed by atoms with Crippen molar-refractivity contribution in [3.05, 3.63) is 77.2 Å². The van der Waals surface area contributed by atoms with Gasteiger partial charge in [0.2, 0.25) is 0 Å². The predicted octanol–water partition coefficient (Wildman–Crippen LogP) is 5.24. The summed E-state index contributed by atoms with van der Waals surface area (Å²) < 4.78 is 5.52. The number of methoxy groups -OCH3 is 1. The molecule has 1 fully saturated rings. The lowest BCUT2D eigenvalue weighted by Gasteiger charge is -2.36. The molecule has 32 heavy (non-hydrogen) atoms. The van der Waals surface area contributed by atoms with Crippen LogP contribution in [0.25, 0.3) is 21.5 Å². The molecule has 162 valence electrons. The maximum Gasteiger partial charge on any atom is 0.254 e. The molecule has 1 aliphatic heterocycles. The van der Waals surface area contributed by atoms with Crippen molar-refractivity contribution in [2.45, 2.75) is 6.92 Å². The van der Waals surface area contributed by atoms with Gasteiger partial charge in [0, 0.05) is 36.4 Å². The molecule has 0 N–H and O–H groups in total. The van der Waals surface area contributed by atoms with Gasteiger partial charge in [-0.2, -0.15) is 0 Å². The normalized spacial score (nSPS) is 14.1. The molecule has 2 aromatic carbocycles. The van der Waals surface area contributed by atoms with E-state index in [0.717, 1.165) is 51.6 Å². The van der Waals surface area contributed by atoms with Gasteiger partial charge in [0.1, 0.15) is 5.75 Å². The number of hydrogen-bond acceptors (Lipinski definition) is 5. The van der Waals surface area contributed by atoms with Crippen molar-refractivity contribution in [1.29, 1.82) is 0 Å². The molecule has 0 aliphatic carbocycles. The lowest BCUT2D eigenvalue weighted by Crippen LogP contribution is -2.49. The van der Waals surface area contributed by atoms with E-state index >= 15 is 0 Å². The van der Waals surface area contributed by atoms with E-state index in [2.05, 4.69) is 30.0 Å². The number of piperazine rings is 1. The van der Waals surface area contributed by atoms with E-state index in [1.165, 1.54) is 4.88 Å². The number of rotatable bonds is 4. The molecule has 4 aromatic rings. The van der Waals surface area contributed by atoms with Gasteiger partial charge in [0.05, 0.1) is 34.4 Å². The molecule has 2 aromatic heterocycles. The van der Waals surface area contributed by atoms with Crippen LogP contribution in [0.1, 0.15) is 15.2 Å². The zero-order chi connectivity index (χ0) is 22.1. The number of hydrogen-bond donors (Lipinski definition) is 0. The van der Waals surface area contributed by atoms with Crippen LogP contribution in [0.4, 0.5) is 5.69 Å². The Labute approximate surface area is 191 Å². The predicted molar refractivity (Wildman–Crippen MR) is 131 cm³/mol. The quantitative estimate of drug-likeness (QED) is 0.433. The van der Waals surface area contributed by atoms with Gasteiger partial charge in [-0.3, -0.25) is 4.79 Å². The second-order valence-electron chi connectivity index (χ2n) is 7.93. The van der Waals surface area contributed by atoms with Crippen molar-refractivity contribution in [1.82, 2.24) is 9.88 Å². The Morgan fingerprint density at radius 3 is 2.47 bits per heavy atom. The number of carbonyl (C=O) groups excluding carboxylic acids is 1. The number of thiophene rings is 1. The van der Waals surface area contributed by atoms with E-state index < -0.39 is 0 Å². The summed E-state index contributed by atoms with van der Waals surface area (Å²) in [5.41, 5.74) is 3.51. The average Bonchev–Trinajstić information content (AvgIpc) is 3.29. The van der Waals surface area contributed by atoms with Crippen LogP contribution in [0.15, 0.2) is 66.7 Å². The van der Waals surface area contributed by atoms with Crippen molar-refractivity contribution < 1.29 is 9.53 Å². The molecule has 0 bridgehead atoms. The Morgan fingerprint density at radius 1 is 0.969 bits per heavy atom. The molecule has 0 spiro atoms. The maximum absolute atomic E-state index is 13.6. The van der Waals surface area contributed by atoms with Crippen LogP contribution in [0.3, 0.4) is 0 Å². The van der Waals surface area contributed by atoms with Gasteiger partial charge in [-0.25, -0.2) is 4.98 Å². The smallest absolute Gasteiger partial charge is 0.254 e. The molecule has 1 amide bonds. The molecule has 0 radical (unpaired) electrons. The number of aromatic nitrogens is 1. The van der Waals surface area contributed by atoms with Gasteiger partial charge >= 0.3 is 0 Å². The molecule has 5 rings (SSSR count). The Hall–Kier alpha value is -3.38. The van der Waals surface area contributed by atoms with Crippen LogP contribution in [-0.2, 0) is 0 Å². The second kappa shape index (κ2) is 8.63. The fraction of sp³-hybridized carbons (Fsp3) is 0.231. The van der Waals surface area contributed by atoms with E-state index in [4.69, 9.17) is 9.72 Å². The number of anilines is 1. The number of aryl methyl sites for hydroxylation is 1. The average molecular weight is 444 g/mol. The third-order valence-electron chi connectivity index (χ3n) is 5.93. The first kappa shape index (κ1) is 20.5. The highest BCUT2D eigenvalue weighted by Crippen LogP contribution is 2.31. The number of ether oxygens (including phenoxy) is 1. The molecular formula is C26H25N3O2S. The summed E-state index contributed by atoms with van der Waals surface area (Å²) in [5.74, 6) is 0.932. The molecule has 0 saturated carbocycles. The number of carbonyl (C=O) groups is 1. The molecule has 1 saturated heterocycles. The molecule has 6 heteroatoms. The van der Waals surface area contributed by atoms with Gasteiger partial charge in [0.25, 0.3) is 5.91 Å². The van der Waals surface area contributed by atoms with Crippen LogP contribution >= 0.6 is 11.3 Å². The van der Waals surface area contributed by atoms with Crippen LogP contribution in [0, 0.1) is 6.92 Å². The minimum atomic E-state index is 0.0674. The lowest BCUT2D eigenvalue weighted by atomic mass is 10.1. The number of para-hydroxylation sites is 3. The maximum atomic E-state index is 13.6. The fourth-order valence-corrected chi connectivity index (χ4v) is 5.09. The fourth-order valence-electron chi connectivity index (χ4n) is 4.26. The number of amides is 1. The van der Waals surface area contributed by atoms with Crippen LogP contribution in [-0.4, -0.2) is 49.1 Å². The number of pyridine rings is 1.